The van der Waals surface area contributed by atoms with E-state index in [2.05, 4.69) is 10.4 Å². The second kappa shape index (κ2) is 7.10. The number of carbonyl (C=O) groups is 1. The van der Waals surface area contributed by atoms with Crippen LogP contribution in [-0.2, 0) is 0 Å². The van der Waals surface area contributed by atoms with Gasteiger partial charge in [0, 0.05) is 12.2 Å². The molecule has 5 nitrogen and oxygen atoms in total. The van der Waals surface area contributed by atoms with E-state index in [1.165, 1.54) is 0 Å². The maximum absolute atomic E-state index is 12.3. The predicted molar refractivity (Wildman–Crippen MR) is 92.0 cm³/mol. The number of aryl methyl sites for hydroxylation is 1. The summed E-state index contributed by atoms with van der Waals surface area (Å²) in [5.74, 6) is -0.303. The smallest absolute Gasteiger partial charge is 0.271 e. The minimum Gasteiger partial charge on any atom is -0.387 e. The second-order valence-electron chi connectivity index (χ2n) is 5.55. The Kier molecular flexibility index (Phi) is 4.72. The van der Waals surface area contributed by atoms with Crippen molar-refractivity contribution in [1.82, 2.24) is 15.1 Å². The molecule has 1 heterocycles. The summed E-state index contributed by atoms with van der Waals surface area (Å²) in [6.45, 7) is 2.04. The van der Waals surface area contributed by atoms with Crippen molar-refractivity contribution in [3.8, 4) is 5.69 Å². The van der Waals surface area contributed by atoms with Crippen molar-refractivity contribution in [3.05, 3.63) is 83.7 Å². The summed E-state index contributed by atoms with van der Waals surface area (Å²) in [4.78, 5) is 12.3. The van der Waals surface area contributed by atoms with Crippen LogP contribution in [0.3, 0.4) is 0 Å². The molecule has 1 aromatic heterocycles. The van der Waals surface area contributed by atoms with Gasteiger partial charge in [-0.15, -0.1) is 0 Å². The standard InChI is InChI=1S/C19H19N3O2/c1-14-12-17(21-22(14)16-10-6-3-7-11-16)19(24)20-13-18(23)15-8-4-2-5-9-15/h2-12,18,23H,13H2,1H3,(H,20,24). The molecule has 0 aliphatic carbocycles. The third-order valence-electron chi connectivity index (χ3n) is 3.76. The van der Waals surface area contributed by atoms with Crippen LogP contribution in [0.2, 0.25) is 0 Å². The number of aliphatic hydroxyl groups is 1. The number of hydrogen-bond acceptors (Lipinski definition) is 3. The van der Waals surface area contributed by atoms with Crippen molar-refractivity contribution in [3.63, 3.8) is 0 Å². The number of para-hydroxylation sites is 1. The van der Waals surface area contributed by atoms with E-state index >= 15 is 0 Å². The zero-order valence-electron chi connectivity index (χ0n) is 13.4. The fraction of sp³-hybridized carbons (Fsp3) is 0.158. The highest BCUT2D eigenvalue weighted by molar-refractivity contribution is 5.92. The second-order valence-corrected chi connectivity index (χ2v) is 5.55. The van der Waals surface area contributed by atoms with Crippen molar-refractivity contribution >= 4 is 5.91 Å². The Morgan fingerprint density at radius 2 is 1.75 bits per heavy atom. The zero-order chi connectivity index (χ0) is 16.9. The minimum absolute atomic E-state index is 0.139. The van der Waals surface area contributed by atoms with E-state index in [0.717, 1.165) is 16.9 Å². The highest BCUT2D eigenvalue weighted by Crippen LogP contribution is 2.13. The lowest BCUT2D eigenvalue weighted by Crippen LogP contribution is -2.28. The lowest BCUT2D eigenvalue weighted by molar-refractivity contribution is 0.0911. The monoisotopic (exact) mass is 321 g/mol. The summed E-state index contributed by atoms with van der Waals surface area (Å²) < 4.78 is 1.72. The first-order valence-electron chi connectivity index (χ1n) is 7.78. The molecule has 1 unspecified atom stereocenters. The molecule has 0 aliphatic heterocycles. The lowest BCUT2D eigenvalue weighted by atomic mass is 10.1. The first-order chi connectivity index (χ1) is 11.6. The van der Waals surface area contributed by atoms with Crippen LogP contribution in [-0.4, -0.2) is 27.3 Å². The molecule has 1 atom stereocenters. The number of amides is 1. The molecule has 0 bridgehead atoms. The number of carbonyl (C=O) groups excluding carboxylic acids is 1. The van der Waals surface area contributed by atoms with E-state index in [-0.39, 0.29) is 12.5 Å². The molecule has 0 fully saturated rings. The van der Waals surface area contributed by atoms with E-state index in [1.54, 1.807) is 10.7 Å². The van der Waals surface area contributed by atoms with Crippen LogP contribution >= 0.6 is 0 Å². The Balaban J connectivity index is 1.68. The molecule has 5 heteroatoms. The van der Waals surface area contributed by atoms with Crippen LogP contribution in [0, 0.1) is 6.92 Å². The van der Waals surface area contributed by atoms with Crippen LogP contribution < -0.4 is 5.32 Å². The van der Waals surface area contributed by atoms with Crippen LogP contribution in [0.25, 0.3) is 5.69 Å². The summed E-state index contributed by atoms with van der Waals surface area (Å²) in [5, 5.41) is 17.2. The molecule has 122 valence electrons. The summed E-state index contributed by atoms with van der Waals surface area (Å²) in [7, 11) is 0. The van der Waals surface area contributed by atoms with Gasteiger partial charge in [0.2, 0.25) is 0 Å². The molecule has 0 radical (unpaired) electrons. The van der Waals surface area contributed by atoms with E-state index < -0.39 is 6.10 Å². The summed E-state index contributed by atoms with van der Waals surface area (Å²) in [6.07, 6.45) is -0.743. The average molecular weight is 321 g/mol. The first kappa shape index (κ1) is 16.0. The zero-order valence-corrected chi connectivity index (χ0v) is 13.4. The Morgan fingerprint density at radius 1 is 1.12 bits per heavy atom. The Labute approximate surface area is 140 Å². The number of nitrogens with one attached hydrogen (secondary N) is 1. The van der Waals surface area contributed by atoms with Crippen molar-refractivity contribution in [2.75, 3.05) is 6.54 Å². The fourth-order valence-electron chi connectivity index (χ4n) is 2.49. The van der Waals surface area contributed by atoms with Gasteiger partial charge in [-0.3, -0.25) is 4.79 Å². The Morgan fingerprint density at radius 3 is 2.42 bits per heavy atom. The molecular formula is C19H19N3O2. The first-order valence-corrected chi connectivity index (χ1v) is 7.78. The van der Waals surface area contributed by atoms with Crippen LogP contribution in [0.15, 0.2) is 66.7 Å². The number of rotatable bonds is 5. The maximum atomic E-state index is 12.3. The predicted octanol–water partition coefficient (Wildman–Crippen LogP) is 2.64. The Hall–Kier alpha value is -2.92. The van der Waals surface area contributed by atoms with Gasteiger partial charge >= 0.3 is 0 Å². The largest absolute Gasteiger partial charge is 0.387 e. The van der Waals surface area contributed by atoms with Gasteiger partial charge in [0.1, 0.15) is 0 Å². The van der Waals surface area contributed by atoms with E-state index in [1.807, 2.05) is 67.6 Å². The van der Waals surface area contributed by atoms with Crippen LogP contribution in [0.4, 0.5) is 0 Å². The minimum atomic E-state index is -0.743. The van der Waals surface area contributed by atoms with E-state index in [4.69, 9.17) is 0 Å². The van der Waals surface area contributed by atoms with Gasteiger partial charge in [0.15, 0.2) is 5.69 Å². The third-order valence-corrected chi connectivity index (χ3v) is 3.76. The quantitative estimate of drug-likeness (QED) is 0.759. The molecular weight excluding hydrogens is 302 g/mol. The van der Waals surface area contributed by atoms with Gasteiger partial charge < -0.3 is 10.4 Å². The fourth-order valence-corrected chi connectivity index (χ4v) is 2.49. The molecule has 1 amide bonds. The highest BCUT2D eigenvalue weighted by Gasteiger charge is 2.15. The van der Waals surface area contributed by atoms with Crippen molar-refractivity contribution in [2.24, 2.45) is 0 Å². The molecule has 2 N–H and O–H groups in total. The Bertz CT molecular complexity index is 813. The molecule has 0 saturated heterocycles. The normalized spacial score (nSPS) is 11.9. The number of nitrogens with zero attached hydrogens (tertiary/aromatic N) is 2. The van der Waals surface area contributed by atoms with Crippen LogP contribution in [0.5, 0.6) is 0 Å². The van der Waals surface area contributed by atoms with Crippen molar-refractivity contribution < 1.29 is 9.90 Å². The molecule has 3 aromatic rings. The summed E-state index contributed by atoms with van der Waals surface area (Å²) >= 11 is 0. The number of aromatic nitrogens is 2. The van der Waals surface area contributed by atoms with Crippen molar-refractivity contribution in [1.29, 1.82) is 0 Å². The van der Waals surface area contributed by atoms with Crippen molar-refractivity contribution in [2.45, 2.75) is 13.0 Å². The highest BCUT2D eigenvalue weighted by atomic mass is 16.3. The molecule has 0 spiro atoms. The SMILES string of the molecule is Cc1cc(C(=O)NCC(O)c2ccccc2)nn1-c1ccccc1. The summed E-state index contributed by atoms with van der Waals surface area (Å²) in [5.41, 5.74) is 2.87. The van der Waals surface area contributed by atoms with E-state index in [9.17, 15) is 9.90 Å². The topological polar surface area (TPSA) is 67.2 Å². The number of hydrogen-bond donors (Lipinski definition) is 2. The maximum Gasteiger partial charge on any atom is 0.271 e. The molecule has 0 aliphatic rings. The molecule has 24 heavy (non-hydrogen) atoms. The molecule has 2 aromatic carbocycles. The van der Waals surface area contributed by atoms with Gasteiger partial charge in [-0.2, -0.15) is 5.10 Å². The number of aliphatic hydroxyl groups excluding tert-OH is 1. The van der Waals surface area contributed by atoms with Gasteiger partial charge in [-0.1, -0.05) is 48.5 Å². The third kappa shape index (κ3) is 3.52. The van der Waals surface area contributed by atoms with Gasteiger partial charge in [-0.25, -0.2) is 4.68 Å². The molecule has 0 saturated carbocycles. The van der Waals surface area contributed by atoms with E-state index in [0.29, 0.717) is 5.69 Å². The van der Waals surface area contributed by atoms with Crippen LogP contribution in [0.1, 0.15) is 27.8 Å². The summed E-state index contributed by atoms with van der Waals surface area (Å²) in [6, 6.07) is 20.6. The lowest BCUT2D eigenvalue weighted by Gasteiger charge is -2.11. The molecule has 3 rings (SSSR count). The average Bonchev–Trinajstić information content (AvgIpc) is 3.02. The van der Waals surface area contributed by atoms with Gasteiger partial charge in [0.05, 0.1) is 11.8 Å². The van der Waals surface area contributed by atoms with Gasteiger partial charge in [-0.05, 0) is 30.7 Å². The van der Waals surface area contributed by atoms with Gasteiger partial charge in [0.25, 0.3) is 5.91 Å². The number of benzene rings is 2.